The highest BCUT2D eigenvalue weighted by Crippen LogP contribution is 2.24. The maximum Gasteiger partial charge on any atom is 0.115 e. The molecular weight excluding hydrogens is 176 g/mol. The van der Waals surface area contributed by atoms with Crippen LogP contribution in [0, 0.1) is 13.8 Å². The minimum absolute atomic E-state index is 1.01. The van der Waals surface area contributed by atoms with Crippen molar-refractivity contribution in [3.05, 3.63) is 30.1 Å². The molecule has 0 aliphatic rings. The van der Waals surface area contributed by atoms with Gasteiger partial charge < -0.3 is 0 Å². The van der Waals surface area contributed by atoms with Gasteiger partial charge in [0.2, 0.25) is 0 Å². The molecule has 0 aliphatic carbocycles. The molecule has 0 saturated carbocycles. The lowest BCUT2D eigenvalue weighted by Crippen LogP contribution is -1.92. The van der Waals surface area contributed by atoms with Gasteiger partial charge in [-0.05, 0) is 13.8 Å². The number of rotatable bonds is 1. The number of nitrogens with zero attached hydrogens (tertiary/aromatic N) is 4. The predicted molar refractivity (Wildman–Crippen MR) is 53.7 cm³/mol. The Morgan fingerprint density at radius 1 is 1.14 bits per heavy atom. The average Bonchev–Trinajstić information content (AvgIpc) is 2.43. The van der Waals surface area contributed by atoms with Gasteiger partial charge in [-0.3, -0.25) is 4.68 Å². The third-order valence-corrected chi connectivity index (χ3v) is 2.36. The van der Waals surface area contributed by atoms with E-state index in [2.05, 4.69) is 15.1 Å². The SMILES string of the molecule is Cc1nn(C)c(C)c1-c1cncnc1. The Hall–Kier alpha value is -1.71. The monoisotopic (exact) mass is 188 g/mol. The zero-order chi connectivity index (χ0) is 10.1. The molecule has 4 heteroatoms. The molecule has 2 rings (SSSR count). The number of aromatic nitrogens is 4. The van der Waals surface area contributed by atoms with Gasteiger partial charge in [-0.15, -0.1) is 0 Å². The maximum absolute atomic E-state index is 4.35. The van der Waals surface area contributed by atoms with Gasteiger partial charge in [-0.1, -0.05) is 0 Å². The summed E-state index contributed by atoms with van der Waals surface area (Å²) in [5.74, 6) is 0. The van der Waals surface area contributed by atoms with Crippen molar-refractivity contribution in [2.24, 2.45) is 7.05 Å². The van der Waals surface area contributed by atoms with Gasteiger partial charge in [0.25, 0.3) is 0 Å². The van der Waals surface area contributed by atoms with E-state index in [4.69, 9.17) is 0 Å². The van der Waals surface area contributed by atoms with Crippen molar-refractivity contribution < 1.29 is 0 Å². The minimum Gasteiger partial charge on any atom is -0.272 e. The molecule has 2 aromatic rings. The quantitative estimate of drug-likeness (QED) is 0.681. The number of aryl methyl sites for hydroxylation is 2. The van der Waals surface area contributed by atoms with E-state index >= 15 is 0 Å². The fourth-order valence-electron chi connectivity index (χ4n) is 1.62. The first-order valence-electron chi connectivity index (χ1n) is 4.45. The van der Waals surface area contributed by atoms with Crippen molar-refractivity contribution in [1.29, 1.82) is 0 Å². The Morgan fingerprint density at radius 3 is 2.29 bits per heavy atom. The first kappa shape index (κ1) is 8.87. The van der Waals surface area contributed by atoms with E-state index in [0.29, 0.717) is 0 Å². The van der Waals surface area contributed by atoms with Crippen LogP contribution in [0.25, 0.3) is 11.1 Å². The topological polar surface area (TPSA) is 43.6 Å². The molecule has 0 unspecified atom stereocenters. The summed E-state index contributed by atoms with van der Waals surface area (Å²) in [5, 5.41) is 4.35. The van der Waals surface area contributed by atoms with E-state index < -0.39 is 0 Å². The van der Waals surface area contributed by atoms with Crippen molar-refractivity contribution in [3.63, 3.8) is 0 Å². The molecule has 0 spiro atoms. The Labute approximate surface area is 82.6 Å². The van der Waals surface area contributed by atoms with Crippen LogP contribution >= 0.6 is 0 Å². The number of hydrogen-bond donors (Lipinski definition) is 0. The Kier molecular flexibility index (Phi) is 2.04. The highest BCUT2D eigenvalue weighted by Gasteiger charge is 2.11. The van der Waals surface area contributed by atoms with Gasteiger partial charge in [0.15, 0.2) is 0 Å². The summed E-state index contributed by atoms with van der Waals surface area (Å²) in [4.78, 5) is 8.01. The highest BCUT2D eigenvalue weighted by molar-refractivity contribution is 5.66. The summed E-state index contributed by atoms with van der Waals surface area (Å²) in [6.45, 7) is 4.04. The van der Waals surface area contributed by atoms with Gasteiger partial charge in [0.1, 0.15) is 6.33 Å². The lowest BCUT2D eigenvalue weighted by atomic mass is 10.1. The van der Waals surface area contributed by atoms with Gasteiger partial charge in [-0.25, -0.2) is 9.97 Å². The lowest BCUT2D eigenvalue weighted by Gasteiger charge is -1.99. The van der Waals surface area contributed by atoms with Crippen LogP contribution in [0.4, 0.5) is 0 Å². The van der Waals surface area contributed by atoms with Gasteiger partial charge in [0.05, 0.1) is 5.69 Å². The summed E-state index contributed by atoms with van der Waals surface area (Å²) >= 11 is 0. The van der Waals surface area contributed by atoms with Crippen molar-refractivity contribution in [2.75, 3.05) is 0 Å². The third kappa shape index (κ3) is 1.28. The normalized spacial score (nSPS) is 10.5. The fourth-order valence-corrected chi connectivity index (χ4v) is 1.62. The second kappa shape index (κ2) is 3.21. The molecule has 0 aliphatic heterocycles. The Bertz CT molecular complexity index is 445. The van der Waals surface area contributed by atoms with Crippen LogP contribution in [0.3, 0.4) is 0 Å². The van der Waals surface area contributed by atoms with Gasteiger partial charge >= 0.3 is 0 Å². The zero-order valence-corrected chi connectivity index (χ0v) is 8.52. The van der Waals surface area contributed by atoms with E-state index in [1.165, 1.54) is 6.33 Å². The molecule has 0 fully saturated rings. The van der Waals surface area contributed by atoms with Gasteiger partial charge in [-0.2, -0.15) is 5.10 Å². The van der Waals surface area contributed by atoms with Crippen LogP contribution < -0.4 is 0 Å². The number of hydrogen-bond acceptors (Lipinski definition) is 3. The second-order valence-electron chi connectivity index (χ2n) is 3.30. The van der Waals surface area contributed by atoms with E-state index in [0.717, 1.165) is 22.5 Å². The molecule has 14 heavy (non-hydrogen) atoms. The predicted octanol–water partition coefficient (Wildman–Crippen LogP) is 1.49. The van der Waals surface area contributed by atoms with Crippen LogP contribution in [0.1, 0.15) is 11.4 Å². The maximum atomic E-state index is 4.35. The fraction of sp³-hybridized carbons (Fsp3) is 0.300. The molecule has 0 aromatic carbocycles. The van der Waals surface area contributed by atoms with Crippen LogP contribution in [0.2, 0.25) is 0 Å². The van der Waals surface area contributed by atoms with Crippen molar-refractivity contribution in [1.82, 2.24) is 19.7 Å². The van der Waals surface area contributed by atoms with Crippen LogP contribution in [-0.2, 0) is 7.05 Å². The summed E-state index contributed by atoms with van der Waals surface area (Å²) < 4.78 is 1.87. The summed E-state index contributed by atoms with van der Waals surface area (Å²) in [6, 6.07) is 0. The van der Waals surface area contributed by atoms with Crippen LogP contribution in [0.15, 0.2) is 18.7 Å². The molecular formula is C10H12N4. The van der Waals surface area contributed by atoms with Crippen molar-refractivity contribution in [2.45, 2.75) is 13.8 Å². The lowest BCUT2D eigenvalue weighted by molar-refractivity contribution is 0.731. The molecule has 2 aromatic heterocycles. The molecule has 4 nitrogen and oxygen atoms in total. The molecule has 0 saturated heterocycles. The summed E-state index contributed by atoms with van der Waals surface area (Å²) in [5.41, 5.74) is 4.31. The standard InChI is InChI=1S/C10H12N4/c1-7-10(8(2)14(3)13-7)9-4-11-6-12-5-9/h4-6H,1-3H3. The molecule has 0 N–H and O–H groups in total. The first-order chi connectivity index (χ1) is 6.70. The van der Waals surface area contributed by atoms with Crippen molar-refractivity contribution in [3.8, 4) is 11.1 Å². The Morgan fingerprint density at radius 2 is 1.79 bits per heavy atom. The average molecular weight is 188 g/mol. The molecule has 0 radical (unpaired) electrons. The summed E-state index contributed by atoms with van der Waals surface area (Å²) in [6.07, 6.45) is 5.15. The molecule has 0 amide bonds. The molecule has 2 heterocycles. The van der Waals surface area contributed by atoms with Crippen molar-refractivity contribution >= 4 is 0 Å². The highest BCUT2D eigenvalue weighted by atomic mass is 15.3. The minimum atomic E-state index is 1.01. The second-order valence-corrected chi connectivity index (χ2v) is 3.30. The Balaban J connectivity index is 2.62. The van der Waals surface area contributed by atoms with Crippen LogP contribution in [-0.4, -0.2) is 19.7 Å². The third-order valence-electron chi connectivity index (χ3n) is 2.36. The van der Waals surface area contributed by atoms with E-state index in [-0.39, 0.29) is 0 Å². The van der Waals surface area contributed by atoms with E-state index in [9.17, 15) is 0 Å². The zero-order valence-electron chi connectivity index (χ0n) is 8.52. The molecule has 72 valence electrons. The smallest absolute Gasteiger partial charge is 0.115 e. The van der Waals surface area contributed by atoms with E-state index in [1.54, 1.807) is 0 Å². The van der Waals surface area contributed by atoms with Gasteiger partial charge in [0, 0.05) is 36.3 Å². The summed E-state index contributed by atoms with van der Waals surface area (Å²) in [7, 11) is 1.94. The van der Waals surface area contributed by atoms with E-state index in [1.807, 2.05) is 38.0 Å². The molecule has 0 atom stereocenters. The molecule has 0 bridgehead atoms. The van der Waals surface area contributed by atoms with Crippen LogP contribution in [0.5, 0.6) is 0 Å². The largest absolute Gasteiger partial charge is 0.272 e. The first-order valence-corrected chi connectivity index (χ1v) is 4.45.